The lowest BCUT2D eigenvalue weighted by Gasteiger charge is -2.39. The number of nitrogens with one attached hydrogen (secondary N) is 2. The van der Waals surface area contributed by atoms with Crippen molar-refractivity contribution in [1.29, 1.82) is 0 Å². The number of nitrogens with zero attached hydrogens (tertiary/aromatic N) is 1. The number of ether oxygens (including phenoxy) is 2. The maximum absolute atomic E-state index is 14.5. The van der Waals surface area contributed by atoms with E-state index in [0.29, 0.717) is 35.8 Å². The quantitative estimate of drug-likeness (QED) is 0.273. The van der Waals surface area contributed by atoms with Gasteiger partial charge in [-0.15, -0.1) is 0 Å². The fourth-order valence-corrected chi connectivity index (χ4v) is 4.59. The van der Waals surface area contributed by atoms with Crippen molar-refractivity contribution in [3.05, 3.63) is 60.2 Å². The summed E-state index contributed by atoms with van der Waals surface area (Å²) in [6, 6.07) is 14.3. The minimum atomic E-state index is -0.928. The lowest BCUT2D eigenvalue weighted by Crippen LogP contribution is -2.55. The average Bonchev–Trinajstić information content (AvgIpc) is 2.89. The highest BCUT2D eigenvalue weighted by molar-refractivity contribution is 5.99. The molecule has 0 radical (unpaired) electrons. The summed E-state index contributed by atoms with van der Waals surface area (Å²) in [7, 11) is 1.58. The number of carbonyl (C=O) groups is 3. The molecular formula is C33H49N3O5. The molecule has 3 unspecified atom stereocenters. The van der Waals surface area contributed by atoms with Gasteiger partial charge < -0.3 is 25.0 Å². The summed E-state index contributed by atoms with van der Waals surface area (Å²) >= 11 is 0. The Hall–Kier alpha value is -3.55. The number of anilines is 1. The lowest BCUT2D eigenvalue weighted by atomic mass is 9.95. The van der Waals surface area contributed by atoms with Crippen LogP contribution >= 0.6 is 0 Å². The summed E-state index contributed by atoms with van der Waals surface area (Å²) in [6.45, 7) is 15.6. The summed E-state index contributed by atoms with van der Waals surface area (Å²) < 4.78 is 10.7. The molecule has 0 spiro atoms. The first kappa shape index (κ1) is 33.7. The van der Waals surface area contributed by atoms with Gasteiger partial charge in [0, 0.05) is 11.7 Å². The SMILES string of the molecule is COc1ccc(NC(=O)C(c2ccccc2)N(C(=O)C(CC(C)C)NC(=O)OC(C)(C)C)C(C)CCC(C)C)cc1. The number of benzene rings is 2. The molecule has 8 nitrogen and oxygen atoms in total. The van der Waals surface area contributed by atoms with E-state index in [-0.39, 0.29) is 23.8 Å². The first-order valence-corrected chi connectivity index (χ1v) is 14.5. The first-order valence-electron chi connectivity index (χ1n) is 14.5. The van der Waals surface area contributed by atoms with E-state index in [1.54, 1.807) is 57.0 Å². The highest BCUT2D eigenvalue weighted by Gasteiger charge is 2.39. The molecule has 2 N–H and O–H groups in total. The Morgan fingerprint density at radius 3 is 1.98 bits per heavy atom. The van der Waals surface area contributed by atoms with E-state index in [1.165, 1.54) is 0 Å². The predicted octanol–water partition coefficient (Wildman–Crippen LogP) is 6.97. The summed E-state index contributed by atoms with van der Waals surface area (Å²) in [4.78, 5) is 43.0. The number of hydrogen-bond donors (Lipinski definition) is 2. The Balaban J connectivity index is 2.57. The standard InChI is InChI=1S/C33H49N3O5/c1-22(2)15-16-24(5)36(31(38)28(21-23(3)4)35-32(39)41-33(6,7)8)29(25-13-11-10-12-14-25)30(37)34-26-17-19-27(40-9)20-18-26/h10-14,17-20,22-24,28-29H,15-16,21H2,1-9H3,(H,34,37)(H,35,39). The third kappa shape index (κ3) is 11.1. The molecule has 2 rings (SSSR count). The zero-order valence-corrected chi connectivity index (χ0v) is 26.2. The van der Waals surface area contributed by atoms with Gasteiger partial charge in [-0.05, 0) is 88.6 Å². The van der Waals surface area contributed by atoms with Crippen molar-refractivity contribution in [3.8, 4) is 5.75 Å². The van der Waals surface area contributed by atoms with Gasteiger partial charge in [0.25, 0.3) is 5.91 Å². The minimum Gasteiger partial charge on any atom is -0.497 e. The number of hydrogen-bond acceptors (Lipinski definition) is 5. The molecular weight excluding hydrogens is 518 g/mol. The van der Waals surface area contributed by atoms with Gasteiger partial charge in [-0.1, -0.05) is 58.0 Å². The Labute approximate surface area is 246 Å². The molecule has 3 amide bonds. The van der Waals surface area contributed by atoms with Gasteiger partial charge in [-0.2, -0.15) is 0 Å². The van der Waals surface area contributed by atoms with E-state index in [2.05, 4.69) is 24.5 Å². The van der Waals surface area contributed by atoms with Crippen molar-refractivity contribution in [3.63, 3.8) is 0 Å². The van der Waals surface area contributed by atoms with E-state index in [9.17, 15) is 14.4 Å². The van der Waals surface area contributed by atoms with Crippen LogP contribution in [0.15, 0.2) is 54.6 Å². The van der Waals surface area contributed by atoms with E-state index in [0.717, 1.165) is 6.42 Å². The Kier molecular flexibility index (Phi) is 12.7. The molecule has 0 aliphatic carbocycles. The van der Waals surface area contributed by atoms with Crippen LogP contribution in [0.25, 0.3) is 0 Å². The third-order valence-electron chi connectivity index (χ3n) is 6.59. The molecule has 0 saturated carbocycles. The predicted molar refractivity (Wildman–Crippen MR) is 164 cm³/mol. The summed E-state index contributed by atoms with van der Waals surface area (Å²) in [5.74, 6) is 0.539. The van der Waals surface area contributed by atoms with Gasteiger partial charge in [-0.3, -0.25) is 9.59 Å². The van der Waals surface area contributed by atoms with Crippen LogP contribution in [0.4, 0.5) is 10.5 Å². The fraction of sp³-hybridized carbons (Fsp3) is 0.545. The summed E-state index contributed by atoms with van der Waals surface area (Å²) in [6.07, 6.45) is 1.31. The van der Waals surface area contributed by atoms with Crippen LogP contribution in [0.5, 0.6) is 5.75 Å². The summed E-state index contributed by atoms with van der Waals surface area (Å²) in [5, 5.41) is 5.81. The maximum Gasteiger partial charge on any atom is 0.408 e. The first-order chi connectivity index (χ1) is 19.2. The van der Waals surface area contributed by atoms with Crippen LogP contribution in [0, 0.1) is 11.8 Å². The largest absolute Gasteiger partial charge is 0.497 e. The van der Waals surface area contributed by atoms with Crippen molar-refractivity contribution in [2.24, 2.45) is 11.8 Å². The Morgan fingerprint density at radius 1 is 0.854 bits per heavy atom. The van der Waals surface area contributed by atoms with E-state index < -0.39 is 23.8 Å². The highest BCUT2D eigenvalue weighted by atomic mass is 16.6. The lowest BCUT2D eigenvalue weighted by molar-refractivity contribution is -0.144. The van der Waals surface area contributed by atoms with Crippen molar-refractivity contribution >= 4 is 23.6 Å². The molecule has 2 aromatic rings. The van der Waals surface area contributed by atoms with Crippen molar-refractivity contribution in [2.75, 3.05) is 12.4 Å². The average molecular weight is 568 g/mol. The molecule has 0 heterocycles. The van der Waals surface area contributed by atoms with Crippen LogP contribution in [-0.4, -0.2) is 47.6 Å². The molecule has 0 aliphatic rings. The van der Waals surface area contributed by atoms with Gasteiger partial charge in [0.15, 0.2) is 0 Å². The Bertz CT molecular complexity index is 1110. The summed E-state index contributed by atoms with van der Waals surface area (Å²) in [5.41, 5.74) is 0.554. The highest BCUT2D eigenvalue weighted by Crippen LogP contribution is 2.29. The van der Waals surface area contributed by atoms with E-state index >= 15 is 0 Å². The third-order valence-corrected chi connectivity index (χ3v) is 6.59. The fourth-order valence-electron chi connectivity index (χ4n) is 4.59. The monoisotopic (exact) mass is 567 g/mol. The zero-order valence-electron chi connectivity index (χ0n) is 26.2. The van der Waals surface area contributed by atoms with Crippen LogP contribution in [0.2, 0.25) is 0 Å². The number of rotatable bonds is 13. The Morgan fingerprint density at radius 2 is 1.46 bits per heavy atom. The van der Waals surface area contributed by atoms with E-state index in [4.69, 9.17) is 9.47 Å². The van der Waals surface area contributed by atoms with Crippen LogP contribution in [-0.2, 0) is 14.3 Å². The van der Waals surface area contributed by atoms with Crippen LogP contribution < -0.4 is 15.4 Å². The van der Waals surface area contributed by atoms with Crippen molar-refractivity contribution < 1.29 is 23.9 Å². The molecule has 0 fully saturated rings. The zero-order chi connectivity index (χ0) is 30.7. The molecule has 226 valence electrons. The number of carbonyl (C=O) groups excluding carboxylic acids is 3. The minimum absolute atomic E-state index is 0.106. The van der Waals surface area contributed by atoms with Crippen LogP contribution in [0.3, 0.4) is 0 Å². The van der Waals surface area contributed by atoms with Gasteiger partial charge >= 0.3 is 6.09 Å². The molecule has 3 atom stereocenters. The van der Waals surface area contributed by atoms with Gasteiger partial charge in [0.2, 0.25) is 5.91 Å². The van der Waals surface area contributed by atoms with Gasteiger partial charge in [-0.25, -0.2) is 4.79 Å². The molecule has 0 aliphatic heterocycles. The molecule has 2 aromatic carbocycles. The molecule has 0 saturated heterocycles. The smallest absolute Gasteiger partial charge is 0.408 e. The maximum atomic E-state index is 14.5. The van der Waals surface area contributed by atoms with Gasteiger partial charge in [0.05, 0.1) is 7.11 Å². The van der Waals surface area contributed by atoms with Crippen molar-refractivity contribution in [1.82, 2.24) is 10.2 Å². The van der Waals surface area contributed by atoms with Crippen molar-refractivity contribution in [2.45, 2.75) is 98.4 Å². The molecule has 0 aromatic heterocycles. The topological polar surface area (TPSA) is 97.0 Å². The van der Waals surface area contributed by atoms with Gasteiger partial charge in [0.1, 0.15) is 23.4 Å². The second-order valence-electron chi connectivity index (χ2n) is 12.4. The molecule has 8 heteroatoms. The second-order valence-corrected chi connectivity index (χ2v) is 12.4. The van der Waals surface area contributed by atoms with E-state index in [1.807, 2.05) is 51.1 Å². The normalized spacial score (nSPS) is 13.7. The number of amides is 3. The molecule has 0 bridgehead atoms. The number of alkyl carbamates (subject to hydrolysis) is 1. The number of methoxy groups -OCH3 is 1. The van der Waals surface area contributed by atoms with Crippen LogP contribution in [0.1, 0.15) is 86.3 Å². The second kappa shape index (κ2) is 15.5. The molecule has 41 heavy (non-hydrogen) atoms.